The Bertz CT molecular complexity index is 445. The van der Waals surface area contributed by atoms with Gasteiger partial charge in [0.1, 0.15) is 5.75 Å². The second kappa shape index (κ2) is 7.28. The molecule has 0 amide bonds. The molecule has 0 spiro atoms. The lowest BCUT2D eigenvalue weighted by molar-refractivity contribution is 0.236. The molecule has 0 saturated carbocycles. The predicted octanol–water partition coefficient (Wildman–Crippen LogP) is 3.61. The van der Waals surface area contributed by atoms with Gasteiger partial charge in [-0.1, -0.05) is 18.2 Å². The van der Waals surface area contributed by atoms with Crippen molar-refractivity contribution < 1.29 is 4.74 Å². The molecule has 1 fully saturated rings. The summed E-state index contributed by atoms with van der Waals surface area (Å²) in [6.07, 6.45) is 1.44. The van der Waals surface area contributed by atoms with Crippen LogP contribution in [0.4, 0.5) is 0 Å². The Labute approximate surface area is 129 Å². The highest BCUT2D eigenvalue weighted by Gasteiger charge is 2.26. The average molecular weight is 290 g/mol. The van der Waals surface area contributed by atoms with E-state index in [0.717, 1.165) is 12.3 Å². The van der Waals surface area contributed by atoms with Gasteiger partial charge in [0, 0.05) is 30.2 Å². The highest BCUT2D eigenvalue weighted by atomic mass is 16.5. The SMILES string of the molecule is CC(C)Oc1ccccc1C(C)NC1CCN(C(C)C)C1. The van der Waals surface area contributed by atoms with Crippen LogP contribution in [0, 0.1) is 0 Å². The molecule has 2 unspecified atom stereocenters. The van der Waals surface area contributed by atoms with E-state index < -0.39 is 0 Å². The van der Waals surface area contributed by atoms with Gasteiger partial charge in [0.05, 0.1) is 6.10 Å². The first-order valence-corrected chi connectivity index (χ1v) is 8.23. The molecule has 1 N–H and O–H groups in total. The van der Waals surface area contributed by atoms with Crippen LogP contribution in [0.15, 0.2) is 24.3 Å². The minimum Gasteiger partial charge on any atom is -0.491 e. The van der Waals surface area contributed by atoms with E-state index in [0.29, 0.717) is 18.1 Å². The van der Waals surface area contributed by atoms with Crippen LogP contribution >= 0.6 is 0 Å². The third-order valence-electron chi connectivity index (χ3n) is 4.18. The monoisotopic (exact) mass is 290 g/mol. The van der Waals surface area contributed by atoms with Crippen molar-refractivity contribution in [3.05, 3.63) is 29.8 Å². The molecule has 2 rings (SSSR count). The smallest absolute Gasteiger partial charge is 0.124 e. The molecule has 0 radical (unpaired) electrons. The summed E-state index contributed by atoms with van der Waals surface area (Å²) in [5.41, 5.74) is 1.26. The molecule has 21 heavy (non-hydrogen) atoms. The number of nitrogens with zero attached hydrogens (tertiary/aromatic N) is 1. The number of para-hydroxylation sites is 1. The lowest BCUT2D eigenvalue weighted by Crippen LogP contribution is -2.36. The standard InChI is InChI=1S/C18H30N2O/c1-13(2)20-11-10-16(12-20)19-15(5)17-8-6-7-9-18(17)21-14(3)4/h6-9,13-16,19H,10-12H2,1-5H3. The Balaban J connectivity index is 1.99. The quantitative estimate of drug-likeness (QED) is 0.866. The molecule has 2 atom stereocenters. The third kappa shape index (κ3) is 4.45. The molecule has 0 aliphatic carbocycles. The number of nitrogens with one attached hydrogen (secondary N) is 1. The zero-order valence-corrected chi connectivity index (χ0v) is 14.1. The van der Waals surface area contributed by atoms with E-state index in [1.165, 1.54) is 18.5 Å². The molecule has 1 aromatic rings. The zero-order valence-electron chi connectivity index (χ0n) is 14.1. The lowest BCUT2D eigenvalue weighted by atomic mass is 10.1. The van der Waals surface area contributed by atoms with Gasteiger partial charge < -0.3 is 10.1 Å². The number of benzene rings is 1. The molecule has 0 aromatic heterocycles. The molecular formula is C18H30N2O. The molecule has 1 heterocycles. The maximum atomic E-state index is 5.94. The van der Waals surface area contributed by atoms with E-state index >= 15 is 0 Å². The largest absolute Gasteiger partial charge is 0.491 e. The number of hydrogen-bond donors (Lipinski definition) is 1. The summed E-state index contributed by atoms with van der Waals surface area (Å²) in [5.74, 6) is 1.01. The normalized spacial score (nSPS) is 21.2. The van der Waals surface area contributed by atoms with Gasteiger partial charge in [0.15, 0.2) is 0 Å². The first-order valence-electron chi connectivity index (χ1n) is 8.23. The Morgan fingerprint density at radius 2 is 1.86 bits per heavy atom. The first kappa shape index (κ1) is 16.3. The predicted molar refractivity (Wildman–Crippen MR) is 88.9 cm³/mol. The van der Waals surface area contributed by atoms with Gasteiger partial charge >= 0.3 is 0 Å². The van der Waals surface area contributed by atoms with Crippen molar-refractivity contribution in [1.29, 1.82) is 0 Å². The fourth-order valence-corrected chi connectivity index (χ4v) is 3.04. The van der Waals surface area contributed by atoms with Crippen LogP contribution in [-0.4, -0.2) is 36.2 Å². The second-order valence-corrected chi connectivity index (χ2v) is 6.67. The first-order chi connectivity index (χ1) is 9.97. The van der Waals surface area contributed by atoms with Crippen LogP contribution in [0.2, 0.25) is 0 Å². The van der Waals surface area contributed by atoms with E-state index in [9.17, 15) is 0 Å². The van der Waals surface area contributed by atoms with Crippen LogP contribution in [0.1, 0.15) is 52.6 Å². The minimum absolute atomic E-state index is 0.210. The van der Waals surface area contributed by atoms with Gasteiger partial charge in [-0.15, -0.1) is 0 Å². The van der Waals surface area contributed by atoms with Crippen molar-refractivity contribution in [3.8, 4) is 5.75 Å². The van der Waals surface area contributed by atoms with Crippen molar-refractivity contribution in [1.82, 2.24) is 10.2 Å². The van der Waals surface area contributed by atoms with E-state index in [-0.39, 0.29) is 6.10 Å². The van der Waals surface area contributed by atoms with E-state index in [1.54, 1.807) is 0 Å². The van der Waals surface area contributed by atoms with Gasteiger partial charge in [-0.05, 0) is 53.7 Å². The summed E-state index contributed by atoms with van der Waals surface area (Å²) in [6.45, 7) is 13.3. The molecule has 0 bridgehead atoms. The fraction of sp³-hybridized carbons (Fsp3) is 0.667. The molecule has 118 valence electrons. The second-order valence-electron chi connectivity index (χ2n) is 6.67. The van der Waals surface area contributed by atoms with Gasteiger partial charge in [-0.25, -0.2) is 0 Å². The van der Waals surface area contributed by atoms with Crippen molar-refractivity contribution in [2.75, 3.05) is 13.1 Å². The number of ether oxygens (including phenoxy) is 1. The summed E-state index contributed by atoms with van der Waals surface area (Å²) in [6, 6.07) is 9.92. The van der Waals surface area contributed by atoms with E-state index in [2.05, 4.69) is 63.0 Å². The van der Waals surface area contributed by atoms with Crippen LogP contribution < -0.4 is 10.1 Å². The molecule has 3 heteroatoms. The van der Waals surface area contributed by atoms with Crippen molar-refractivity contribution >= 4 is 0 Å². The van der Waals surface area contributed by atoms with Crippen LogP contribution in [0.25, 0.3) is 0 Å². The topological polar surface area (TPSA) is 24.5 Å². The van der Waals surface area contributed by atoms with Crippen molar-refractivity contribution in [2.24, 2.45) is 0 Å². The maximum absolute atomic E-state index is 5.94. The highest BCUT2D eigenvalue weighted by Crippen LogP contribution is 2.27. The van der Waals surface area contributed by atoms with Crippen molar-refractivity contribution in [2.45, 2.75) is 65.3 Å². The van der Waals surface area contributed by atoms with Crippen LogP contribution in [0.3, 0.4) is 0 Å². The molecule has 1 aliphatic rings. The average Bonchev–Trinajstić information content (AvgIpc) is 2.87. The van der Waals surface area contributed by atoms with Gasteiger partial charge in [-0.2, -0.15) is 0 Å². The Morgan fingerprint density at radius 3 is 2.48 bits per heavy atom. The Morgan fingerprint density at radius 1 is 1.14 bits per heavy atom. The summed E-state index contributed by atoms with van der Waals surface area (Å²) in [5, 5.41) is 3.77. The molecule has 1 aromatic carbocycles. The fourth-order valence-electron chi connectivity index (χ4n) is 3.04. The van der Waals surface area contributed by atoms with Crippen molar-refractivity contribution in [3.63, 3.8) is 0 Å². The summed E-state index contributed by atoms with van der Waals surface area (Å²) in [4.78, 5) is 2.54. The van der Waals surface area contributed by atoms with Crippen LogP contribution in [0.5, 0.6) is 5.75 Å². The summed E-state index contributed by atoms with van der Waals surface area (Å²) < 4.78 is 5.94. The third-order valence-corrected chi connectivity index (χ3v) is 4.18. The number of hydrogen-bond acceptors (Lipinski definition) is 3. The molecule has 1 saturated heterocycles. The summed E-state index contributed by atoms with van der Waals surface area (Å²) in [7, 11) is 0. The van der Waals surface area contributed by atoms with E-state index in [1.807, 2.05) is 6.07 Å². The Kier molecular flexibility index (Phi) is 5.65. The Hall–Kier alpha value is -1.06. The summed E-state index contributed by atoms with van der Waals surface area (Å²) >= 11 is 0. The number of likely N-dealkylation sites (tertiary alicyclic amines) is 1. The molecule has 1 aliphatic heterocycles. The lowest BCUT2D eigenvalue weighted by Gasteiger charge is -2.24. The molecular weight excluding hydrogens is 260 g/mol. The van der Waals surface area contributed by atoms with E-state index in [4.69, 9.17) is 4.74 Å². The minimum atomic E-state index is 0.210. The highest BCUT2D eigenvalue weighted by molar-refractivity contribution is 5.35. The van der Waals surface area contributed by atoms with Gasteiger partial charge in [0.25, 0.3) is 0 Å². The molecule has 3 nitrogen and oxygen atoms in total. The van der Waals surface area contributed by atoms with Crippen LogP contribution in [-0.2, 0) is 0 Å². The number of rotatable bonds is 6. The van der Waals surface area contributed by atoms with Gasteiger partial charge in [-0.3, -0.25) is 4.90 Å². The zero-order chi connectivity index (χ0) is 15.4. The maximum Gasteiger partial charge on any atom is 0.124 e. The van der Waals surface area contributed by atoms with Gasteiger partial charge in [0.2, 0.25) is 0 Å².